The maximum atomic E-state index is 12.0. The molecule has 0 atom stereocenters. The van der Waals surface area contributed by atoms with Crippen LogP contribution in [0.4, 0.5) is 5.69 Å². The van der Waals surface area contributed by atoms with Gasteiger partial charge in [-0.1, -0.05) is 15.9 Å². The molecule has 7 heteroatoms. The van der Waals surface area contributed by atoms with Gasteiger partial charge in [-0.25, -0.2) is 4.98 Å². The van der Waals surface area contributed by atoms with E-state index in [1.165, 1.54) is 0 Å². The van der Waals surface area contributed by atoms with E-state index in [0.717, 1.165) is 4.47 Å². The Morgan fingerprint density at radius 3 is 3.00 bits per heavy atom. The summed E-state index contributed by atoms with van der Waals surface area (Å²) in [6.45, 7) is 0.467. The minimum absolute atomic E-state index is 0.199. The summed E-state index contributed by atoms with van der Waals surface area (Å²) in [7, 11) is 1.80. The number of nitrogens with one attached hydrogen (secondary N) is 1. The fraction of sp³-hybridized carbons (Fsp3) is 0.250. The van der Waals surface area contributed by atoms with Gasteiger partial charge in [0.05, 0.1) is 5.56 Å². The summed E-state index contributed by atoms with van der Waals surface area (Å²) in [6, 6.07) is 5.19. The third kappa shape index (κ3) is 3.54. The highest BCUT2D eigenvalue weighted by molar-refractivity contribution is 9.10. The summed E-state index contributed by atoms with van der Waals surface area (Å²) in [5.41, 5.74) is 6.68. The summed E-state index contributed by atoms with van der Waals surface area (Å²) in [5.74, 6) is 0.500. The average molecular weight is 324 g/mol. The second kappa shape index (κ2) is 5.83. The van der Waals surface area contributed by atoms with Gasteiger partial charge in [-0.3, -0.25) is 9.48 Å². The minimum atomic E-state index is -0.199. The van der Waals surface area contributed by atoms with Crippen LogP contribution in [0.3, 0.4) is 0 Å². The third-order valence-electron chi connectivity index (χ3n) is 2.54. The Morgan fingerprint density at radius 1 is 1.53 bits per heavy atom. The Morgan fingerprint density at radius 2 is 2.32 bits per heavy atom. The molecular formula is C12H14BrN5O. The molecule has 0 aliphatic rings. The van der Waals surface area contributed by atoms with E-state index in [9.17, 15) is 4.79 Å². The highest BCUT2D eigenvalue weighted by atomic mass is 79.9. The molecule has 19 heavy (non-hydrogen) atoms. The molecule has 0 bridgehead atoms. The Labute approximate surface area is 119 Å². The molecule has 1 amide bonds. The van der Waals surface area contributed by atoms with Gasteiger partial charge in [0.25, 0.3) is 5.91 Å². The van der Waals surface area contributed by atoms with Crippen LogP contribution < -0.4 is 11.1 Å². The quantitative estimate of drug-likeness (QED) is 0.826. The Balaban J connectivity index is 1.92. The van der Waals surface area contributed by atoms with Crippen LogP contribution in [0.25, 0.3) is 0 Å². The number of nitrogens with zero attached hydrogens (tertiary/aromatic N) is 3. The Kier molecular flexibility index (Phi) is 4.16. The normalized spacial score (nSPS) is 10.4. The number of carbonyl (C=O) groups is 1. The number of nitrogens with two attached hydrogens (primary N) is 1. The fourth-order valence-electron chi connectivity index (χ4n) is 1.61. The van der Waals surface area contributed by atoms with E-state index in [2.05, 4.69) is 31.3 Å². The lowest BCUT2D eigenvalue weighted by atomic mass is 10.1. The minimum Gasteiger partial charge on any atom is -0.398 e. The van der Waals surface area contributed by atoms with Crippen molar-refractivity contribution in [3.05, 3.63) is 40.4 Å². The van der Waals surface area contributed by atoms with Crippen LogP contribution in [0, 0.1) is 0 Å². The molecule has 2 rings (SSSR count). The van der Waals surface area contributed by atoms with Crippen molar-refractivity contribution >= 4 is 27.5 Å². The van der Waals surface area contributed by atoms with Gasteiger partial charge in [-0.2, -0.15) is 5.10 Å². The molecule has 1 heterocycles. The van der Waals surface area contributed by atoms with E-state index < -0.39 is 0 Å². The second-order valence-corrected chi connectivity index (χ2v) is 4.99. The van der Waals surface area contributed by atoms with Gasteiger partial charge in [0.1, 0.15) is 6.33 Å². The first-order valence-electron chi connectivity index (χ1n) is 5.74. The van der Waals surface area contributed by atoms with Crippen molar-refractivity contribution in [2.75, 3.05) is 12.3 Å². The Hall–Kier alpha value is -1.89. The molecule has 0 unspecified atom stereocenters. The topological polar surface area (TPSA) is 85.8 Å². The molecule has 6 nitrogen and oxygen atoms in total. The van der Waals surface area contributed by atoms with E-state index in [1.807, 2.05) is 0 Å². The van der Waals surface area contributed by atoms with Crippen LogP contribution >= 0.6 is 15.9 Å². The summed E-state index contributed by atoms with van der Waals surface area (Å²) >= 11 is 3.31. The molecule has 1 aromatic heterocycles. The van der Waals surface area contributed by atoms with Crippen LogP contribution in [-0.4, -0.2) is 27.2 Å². The van der Waals surface area contributed by atoms with Gasteiger partial charge < -0.3 is 11.1 Å². The number of hydrogen-bond acceptors (Lipinski definition) is 4. The number of halogens is 1. The van der Waals surface area contributed by atoms with Gasteiger partial charge in [0, 0.05) is 30.2 Å². The predicted octanol–water partition coefficient (Wildman–Crippen LogP) is 1.13. The van der Waals surface area contributed by atoms with Crippen molar-refractivity contribution in [2.24, 2.45) is 7.05 Å². The first kappa shape index (κ1) is 13.5. The van der Waals surface area contributed by atoms with Crippen molar-refractivity contribution in [3.63, 3.8) is 0 Å². The molecule has 3 N–H and O–H groups in total. The maximum absolute atomic E-state index is 12.0. The molecule has 0 spiro atoms. The molecule has 1 aromatic carbocycles. The number of benzene rings is 1. The Bertz CT molecular complexity index is 596. The average Bonchev–Trinajstić information content (AvgIpc) is 2.78. The molecule has 0 radical (unpaired) electrons. The number of amides is 1. The molecule has 0 aliphatic heterocycles. The number of aryl methyl sites for hydroxylation is 1. The highest BCUT2D eigenvalue weighted by Crippen LogP contribution is 2.18. The van der Waals surface area contributed by atoms with Crippen molar-refractivity contribution in [2.45, 2.75) is 6.42 Å². The molecule has 0 aliphatic carbocycles. The highest BCUT2D eigenvalue weighted by Gasteiger charge is 2.10. The zero-order valence-corrected chi connectivity index (χ0v) is 12.0. The van der Waals surface area contributed by atoms with E-state index in [1.54, 1.807) is 36.3 Å². The van der Waals surface area contributed by atoms with Crippen molar-refractivity contribution in [1.29, 1.82) is 0 Å². The number of aromatic nitrogens is 3. The van der Waals surface area contributed by atoms with Crippen LogP contribution in [-0.2, 0) is 13.5 Å². The number of carbonyl (C=O) groups excluding carboxylic acids is 1. The van der Waals surface area contributed by atoms with Crippen molar-refractivity contribution in [3.8, 4) is 0 Å². The predicted molar refractivity (Wildman–Crippen MR) is 75.6 cm³/mol. The number of hydrogen-bond donors (Lipinski definition) is 2. The fourth-order valence-corrected chi connectivity index (χ4v) is 1.97. The van der Waals surface area contributed by atoms with E-state index in [0.29, 0.717) is 30.0 Å². The van der Waals surface area contributed by atoms with Gasteiger partial charge in [-0.05, 0) is 18.2 Å². The first-order chi connectivity index (χ1) is 9.06. The number of anilines is 1. The monoisotopic (exact) mass is 323 g/mol. The summed E-state index contributed by atoms with van der Waals surface area (Å²) in [4.78, 5) is 16.0. The van der Waals surface area contributed by atoms with Crippen LogP contribution in [0.15, 0.2) is 29.0 Å². The largest absolute Gasteiger partial charge is 0.398 e. The van der Waals surface area contributed by atoms with Crippen molar-refractivity contribution in [1.82, 2.24) is 20.1 Å². The number of nitrogen functional groups attached to an aromatic ring is 1. The molecular weight excluding hydrogens is 310 g/mol. The summed E-state index contributed by atoms with van der Waals surface area (Å²) in [6.07, 6.45) is 2.21. The van der Waals surface area contributed by atoms with E-state index in [4.69, 9.17) is 5.73 Å². The standard InChI is InChI=1S/C12H14BrN5O/c1-18-7-16-11(17-18)4-5-15-12(19)9-6-8(13)2-3-10(9)14/h2-3,6-7H,4-5,14H2,1H3,(H,15,19). The SMILES string of the molecule is Cn1cnc(CCNC(=O)c2cc(Br)ccc2N)n1. The molecule has 2 aromatic rings. The molecule has 100 valence electrons. The number of rotatable bonds is 4. The van der Waals surface area contributed by atoms with E-state index in [-0.39, 0.29) is 5.91 Å². The van der Waals surface area contributed by atoms with Gasteiger partial charge in [0.2, 0.25) is 0 Å². The molecule has 0 saturated heterocycles. The smallest absolute Gasteiger partial charge is 0.253 e. The van der Waals surface area contributed by atoms with Crippen LogP contribution in [0.2, 0.25) is 0 Å². The lowest BCUT2D eigenvalue weighted by Crippen LogP contribution is -2.26. The summed E-state index contributed by atoms with van der Waals surface area (Å²) < 4.78 is 2.45. The molecule has 0 fully saturated rings. The zero-order chi connectivity index (χ0) is 13.8. The van der Waals surface area contributed by atoms with Gasteiger partial charge in [0.15, 0.2) is 5.82 Å². The van der Waals surface area contributed by atoms with Crippen LogP contribution in [0.1, 0.15) is 16.2 Å². The van der Waals surface area contributed by atoms with Gasteiger partial charge >= 0.3 is 0 Å². The lowest BCUT2D eigenvalue weighted by Gasteiger charge is -2.07. The zero-order valence-electron chi connectivity index (χ0n) is 10.4. The first-order valence-corrected chi connectivity index (χ1v) is 6.53. The second-order valence-electron chi connectivity index (χ2n) is 4.07. The lowest BCUT2D eigenvalue weighted by molar-refractivity contribution is 0.0955. The third-order valence-corrected chi connectivity index (χ3v) is 3.03. The van der Waals surface area contributed by atoms with E-state index >= 15 is 0 Å². The van der Waals surface area contributed by atoms with Gasteiger partial charge in [-0.15, -0.1) is 0 Å². The maximum Gasteiger partial charge on any atom is 0.253 e. The molecule has 0 saturated carbocycles. The van der Waals surface area contributed by atoms with Crippen molar-refractivity contribution < 1.29 is 4.79 Å². The summed E-state index contributed by atoms with van der Waals surface area (Å²) in [5, 5.41) is 6.93. The van der Waals surface area contributed by atoms with Crippen LogP contribution in [0.5, 0.6) is 0 Å².